The third kappa shape index (κ3) is 2.30. The Morgan fingerprint density at radius 1 is 1.25 bits per heavy atom. The molecule has 0 spiro atoms. The molecular formula is C15H29N. The van der Waals surface area contributed by atoms with Crippen molar-refractivity contribution < 1.29 is 0 Å². The van der Waals surface area contributed by atoms with Crippen molar-refractivity contribution in [2.75, 3.05) is 19.6 Å². The van der Waals surface area contributed by atoms with Gasteiger partial charge in [0.1, 0.15) is 0 Å². The molecule has 0 radical (unpaired) electrons. The van der Waals surface area contributed by atoms with Gasteiger partial charge in [0, 0.05) is 13.1 Å². The van der Waals surface area contributed by atoms with Crippen molar-refractivity contribution in [1.29, 1.82) is 0 Å². The van der Waals surface area contributed by atoms with Crippen molar-refractivity contribution in [1.82, 2.24) is 4.90 Å². The smallest absolute Gasteiger partial charge is 0.00430 e. The lowest BCUT2D eigenvalue weighted by atomic mass is 9.63. The molecule has 1 nitrogen and oxygen atoms in total. The Hall–Kier alpha value is -0.0400. The van der Waals surface area contributed by atoms with Crippen molar-refractivity contribution >= 4 is 0 Å². The molecule has 0 aromatic carbocycles. The average molecular weight is 223 g/mol. The van der Waals surface area contributed by atoms with Gasteiger partial charge in [0.25, 0.3) is 0 Å². The van der Waals surface area contributed by atoms with Crippen LogP contribution in [-0.2, 0) is 0 Å². The van der Waals surface area contributed by atoms with Crippen LogP contribution in [0.4, 0.5) is 0 Å². The van der Waals surface area contributed by atoms with Crippen LogP contribution in [-0.4, -0.2) is 24.5 Å². The fraction of sp³-hybridized carbons (Fsp3) is 1.00. The monoisotopic (exact) mass is 223 g/mol. The van der Waals surface area contributed by atoms with Crippen LogP contribution in [0.5, 0.6) is 0 Å². The van der Waals surface area contributed by atoms with Crippen molar-refractivity contribution in [3.8, 4) is 0 Å². The Morgan fingerprint density at radius 3 is 2.44 bits per heavy atom. The molecular weight excluding hydrogens is 194 g/mol. The minimum Gasteiger partial charge on any atom is -0.302 e. The molecule has 0 amide bonds. The van der Waals surface area contributed by atoms with Crippen LogP contribution < -0.4 is 0 Å². The fourth-order valence-corrected chi connectivity index (χ4v) is 3.76. The van der Waals surface area contributed by atoms with E-state index in [1.165, 1.54) is 45.3 Å². The van der Waals surface area contributed by atoms with Gasteiger partial charge >= 0.3 is 0 Å². The predicted octanol–water partition coefficient (Wildman–Crippen LogP) is 3.79. The maximum atomic E-state index is 2.77. The van der Waals surface area contributed by atoms with Gasteiger partial charge in [-0.15, -0.1) is 0 Å². The highest BCUT2D eigenvalue weighted by atomic mass is 15.1. The minimum absolute atomic E-state index is 0.590. The van der Waals surface area contributed by atoms with E-state index < -0.39 is 0 Å². The van der Waals surface area contributed by atoms with Crippen LogP contribution in [0.3, 0.4) is 0 Å². The Bertz CT molecular complexity index is 232. The largest absolute Gasteiger partial charge is 0.302 e. The fourth-order valence-electron chi connectivity index (χ4n) is 3.76. The lowest BCUT2D eigenvalue weighted by molar-refractivity contribution is -0.00825. The van der Waals surface area contributed by atoms with Gasteiger partial charge in [-0.05, 0) is 55.4 Å². The highest BCUT2D eigenvalue weighted by Gasteiger charge is 2.42. The SMILES string of the molecule is CCC1(C(C)C)CN(CC2CC2)CCC1C. The summed E-state index contributed by atoms with van der Waals surface area (Å²) in [4.78, 5) is 2.77. The zero-order valence-electron chi connectivity index (χ0n) is 11.6. The van der Waals surface area contributed by atoms with E-state index in [4.69, 9.17) is 0 Å². The number of piperidine rings is 1. The molecule has 2 aliphatic rings. The van der Waals surface area contributed by atoms with E-state index in [1.54, 1.807) is 0 Å². The second-order valence-electron chi connectivity index (χ2n) is 6.61. The van der Waals surface area contributed by atoms with Crippen molar-refractivity contribution in [3.05, 3.63) is 0 Å². The van der Waals surface area contributed by atoms with Crippen LogP contribution in [0.1, 0.15) is 53.4 Å². The van der Waals surface area contributed by atoms with Gasteiger partial charge < -0.3 is 4.90 Å². The van der Waals surface area contributed by atoms with Crippen LogP contribution in [0.25, 0.3) is 0 Å². The number of hydrogen-bond acceptors (Lipinski definition) is 1. The molecule has 1 heteroatoms. The average Bonchev–Trinajstić information content (AvgIpc) is 3.04. The molecule has 1 heterocycles. The van der Waals surface area contributed by atoms with Gasteiger partial charge in [-0.25, -0.2) is 0 Å². The lowest BCUT2D eigenvalue weighted by Crippen LogP contribution is -2.50. The second kappa shape index (κ2) is 4.68. The van der Waals surface area contributed by atoms with Crippen LogP contribution in [0, 0.1) is 23.2 Å². The molecule has 1 saturated carbocycles. The summed E-state index contributed by atoms with van der Waals surface area (Å²) in [5.41, 5.74) is 0.590. The first kappa shape index (κ1) is 12.4. The van der Waals surface area contributed by atoms with Crippen LogP contribution in [0.2, 0.25) is 0 Å². The normalized spacial score (nSPS) is 36.9. The Labute approximate surface area is 102 Å². The van der Waals surface area contributed by atoms with Gasteiger partial charge in [0.2, 0.25) is 0 Å². The molecule has 1 aliphatic carbocycles. The van der Waals surface area contributed by atoms with E-state index in [0.717, 1.165) is 17.8 Å². The molecule has 0 bridgehead atoms. The first-order chi connectivity index (χ1) is 7.58. The molecule has 1 aliphatic heterocycles. The highest BCUT2D eigenvalue weighted by Crippen LogP contribution is 2.45. The van der Waals surface area contributed by atoms with Crippen molar-refractivity contribution in [2.24, 2.45) is 23.2 Å². The van der Waals surface area contributed by atoms with Gasteiger partial charge in [-0.2, -0.15) is 0 Å². The summed E-state index contributed by atoms with van der Waals surface area (Å²) >= 11 is 0. The zero-order valence-corrected chi connectivity index (χ0v) is 11.6. The number of likely N-dealkylation sites (tertiary alicyclic amines) is 1. The van der Waals surface area contributed by atoms with E-state index in [0.29, 0.717) is 5.41 Å². The summed E-state index contributed by atoms with van der Waals surface area (Å²) in [7, 11) is 0. The molecule has 2 atom stereocenters. The third-order valence-electron chi connectivity index (χ3n) is 5.40. The van der Waals surface area contributed by atoms with Gasteiger partial charge in [-0.3, -0.25) is 0 Å². The summed E-state index contributed by atoms with van der Waals surface area (Å²) in [6.45, 7) is 13.8. The number of rotatable bonds is 4. The van der Waals surface area contributed by atoms with Gasteiger partial charge in [0.05, 0.1) is 0 Å². The third-order valence-corrected chi connectivity index (χ3v) is 5.40. The summed E-state index contributed by atoms with van der Waals surface area (Å²) in [5, 5.41) is 0. The molecule has 16 heavy (non-hydrogen) atoms. The minimum atomic E-state index is 0.590. The highest BCUT2D eigenvalue weighted by molar-refractivity contribution is 4.94. The second-order valence-corrected chi connectivity index (χ2v) is 6.61. The van der Waals surface area contributed by atoms with Crippen LogP contribution >= 0.6 is 0 Å². The van der Waals surface area contributed by atoms with E-state index in [2.05, 4.69) is 32.6 Å². The van der Waals surface area contributed by atoms with Crippen molar-refractivity contribution in [2.45, 2.75) is 53.4 Å². The Morgan fingerprint density at radius 2 is 1.94 bits per heavy atom. The summed E-state index contributed by atoms with van der Waals surface area (Å²) in [5.74, 6) is 2.79. The van der Waals surface area contributed by atoms with E-state index >= 15 is 0 Å². The van der Waals surface area contributed by atoms with Crippen molar-refractivity contribution in [3.63, 3.8) is 0 Å². The maximum absolute atomic E-state index is 2.77. The van der Waals surface area contributed by atoms with Crippen LogP contribution in [0.15, 0.2) is 0 Å². The first-order valence-electron chi connectivity index (χ1n) is 7.31. The molecule has 2 unspecified atom stereocenters. The van der Waals surface area contributed by atoms with E-state index in [9.17, 15) is 0 Å². The maximum Gasteiger partial charge on any atom is 0.00430 e. The number of nitrogens with zero attached hydrogens (tertiary/aromatic N) is 1. The molecule has 1 saturated heterocycles. The standard InChI is InChI=1S/C15H29N/c1-5-15(12(2)3)11-16(9-8-13(15)4)10-14-6-7-14/h12-14H,5-11H2,1-4H3. The quantitative estimate of drug-likeness (QED) is 0.701. The predicted molar refractivity (Wildman–Crippen MR) is 70.5 cm³/mol. The molecule has 0 aromatic heterocycles. The molecule has 94 valence electrons. The lowest BCUT2D eigenvalue weighted by Gasteiger charge is -2.50. The Balaban J connectivity index is 2.02. The summed E-state index contributed by atoms with van der Waals surface area (Å²) in [6.07, 6.45) is 5.76. The van der Waals surface area contributed by atoms with Gasteiger partial charge in [0.15, 0.2) is 0 Å². The summed E-state index contributed by atoms with van der Waals surface area (Å²) < 4.78 is 0. The summed E-state index contributed by atoms with van der Waals surface area (Å²) in [6, 6.07) is 0. The molecule has 0 N–H and O–H groups in total. The molecule has 0 aromatic rings. The van der Waals surface area contributed by atoms with E-state index in [1.807, 2.05) is 0 Å². The first-order valence-corrected chi connectivity index (χ1v) is 7.31. The Kier molecular flexibility index (Phi) is 3.63. The number of hydrogen-bond donors (Lipinski definition) is 0. The van der Waals surface area contributed by atoms with Gasteiger partial charge in [-0.1, -0.05) is 27.7 Å². The topological polar surface area (TPSA) is 3.24 Å². The van der Waals surface area contributed by atoms with E-state index in [-0.39, 0.29) is 0 Å². The molecule has 2 fully saturated rings. The zero-order chi connectivity index (χ0) is 11.8. The molecule has 2 rings (SSSR count).